The van der Waals surface area contributed by atoms with Crippen LogP contribution in [0.5, 0.6) is 5.75 Å². The zero-order valence-corrected chi connectivity index (χ0v) is 16.3. The van der Waals surface area contributed by atoms with E-state index in [2.05, 4.69) is 15.0 Å². The highest BCUT2D eigenvalue weighted by molar-refractivity contribution is 7.89. The van der Waals surface area contributed by atoms with Crippen LogP contribution >= 0.6 is 0 Å². The molecule has 1 saturated carbocycles. The van der Waals surface area contributed by atoms with E-state index in [0.717, 1.165) is 30.4 Å². The Hall–Kier alpha value is -3.04. The molecule has 1 amide bonds. The lowest BCUT2D eigenvalue weighted by molar-refractivity contribution is 0.102. The van der Waals surface area contributed by atoms with Crippen LogP contribution in [0.2, 0.25) is 0 Å². The number of sulfonamides is 1. The van der Waals surface area contributed by atoms with Crippen LogP contribution in [0, 0.1) is 5.82 Å². The number of aromatic nitrogens is 1. The predicted molar refractivity (Wildman–Crippen MR) is 106 cm³/mol. The molecule has 0 unspecified atom stereocenters. The molecule has 1 aliphatic carbocycles. The van der Waals surface area contributed by atoms with Gasteiger partial charge in [0.25, 0.3) is 5.91 Å². The van der Waals surface area contributed by atoms with E-state index in [9.17, 15) is 17.6 Å². The third-order valence-electron chi connectivity index (χ3n) is 4.63. The molecule has 29 heavy (non-hydrogen) atoms. The van der Waals surface area contributed by atoms with E-state index in [1.807, 2.05) is 0 Å². The van der Waals surface area contributed by atoms with Gasteiger partial charge >= 0.3 is 0 Å². The summed E-state index contributed by atoms with van der Waals surface area (Å²) in [6.45, 7) is 0. The van der Waals surface area contributed by atoms with Crippen LogP contribution in [0.25, 0.3) is 10.8 Å². The summed E-state index contributed by atoms with van der Waals surface area (Å²) >= 11 is 0. The predicted octanol–water partition coefficient (Wildman–Crippen LogP) is 3.08. The number of methoxy groups -OCH3 is 1. The smallest absolute Gasteiger partial charge is 0.255 e. The molecule has 7 nitrogen and oxygen atoms in total. The Morgan fingerprint density at radius 2 is 1.97 bits per heavy atom. The lowest BCUT2D eigenvalue weighted by Crippen LogP contribution is -2.27. The van der Waals surface area contributed by atoms with Crippen LogP contribution in [0.15, 0.2) is 53.7 Å². The van der Waals surface area contributed by atoms with Crippen molar-refractivity contribution in [2.75, 3.05) is 12.4 Å². The Morgan fingerprint density at radius 3 is 2.69 bits per heavy atom. The molecule has 150 valence electrons. The van der Waals surface area contributed by atoms with Crippen molar-refractivity contribution < 1.29 is 22.3 Å². The molecular weight excluding hydrogens is 397 g/mol. The number of carbonyl (C=O) groups excluding carboxylic acids is 1. The van der Waals surface area contributed by atoms with Gasteiger partial charge < -0.3 is 10.1 Å². The second kappa shape index (κ2) is 7.41. The van der Waals surface area contributed by atoms with Gasteiger partial charge in [0.2, 0.25) is 10.0 Å². The molecule has 1 aliphatic rings. The molecule has 1 fully saturated rings. The molecule has 1 aromatic heterocycles. The number of hydrogen-bond acceptors (Lipinski definition) is 5. The summed E-state index contributed by atoms with van der Waals surface area (Å²) in [5.74, 6) is -0.848. The van der Waals surface area contributed by atoms with Crippen molar-refractivity contribution in [2.45, 2.75) is 23.8 Å². The van der Waals surface area contributed by atoms with Crippen LogP contribution in [-0.2, 0) is 10.0 Å². The fourth-order valence-corrected chi connectivity index (χ4v) is 4.39. The Labute approximate surface area is 167 Å². The first-order valence-electron chi connectivity index (χ1n) is 8.93. The monoisotopic (exact) mass is 415 g/mol. The zero-order valence-electron chi connectivity index (χ0n) is 15.5. The van der Waals surface area contributed by atoms with Crippen LogP contribution in [0.3, 0.4) is 0 Å². The van der Waals surface area contributed by atoms with E-state index in [-0.39, 0.29) is 11.6 Å². The minimum absolute atomic E-state index is 0.0235. The molecule has 4 rings (SSSR count). The lowest BCUT2D eigenvalue weighted by Gasteiger charge is -2.12. The van der Waals surface area contributed by atoms with Gasteiger partial charge in [-0.2, -0.15) is 0 Å². The van der Waals surface area contributed by atoms with E-state index in [1.54, 1.807) is 37.7 Å². The molecule has 2 N–H and O–H groups in total. The van der Waals surface area contributed by atoms with Gasteiger partial charge in [0.1, 0.15) is 16.5 Å². The van der Waals surface area contributed by atoms with E-state index in [0.29, 0.717) is 16.8 Å². The van der Waals surface area contributed by atoms with Gasteiger partial charge in [-0.3, -0.25) is 9.78 Å². The van der Waals surface area contributed by atoms with Crippen LogP contribution in [0.1, 0.15) is 23.2 Å². The number of carbonyl (C=O) groups is 1. The Bertz CT molecular complexity index is 1210. The topological polar surface area (TPSA) is 97.4 Å². The Balaban J connectivity index is 1.66. The minimum Gasteiger partial charge on any atom is -0.496 e. The van der Waals surface area contributed by atoms with E-state index in [1.165, 1.54) is 6.07 Å². The average Bonchev–Trinajstić information content (AvgIpc) is 3.51. The quantitative estimate of drug-likeness (QED) is 0.645. The van der Waals surface area contributed by atoms with Gasteiger partial charge in [0, 0.05) is 34.8 Å². The lowest BCUT2D eigenvalue weighted by atomic mass is 10.1. The summed E-state index contributed by atoms with van der Waals surface area (Å²) in [5.41, 5.74) is 0.499. The fraction of sp³-hybridized carbons (Fsp3) is 0.200. The zero-order chi connectivity index (χ0) is 20.6. The fourth-order valence-electron chi connectivity index (χ4n) is 2.98. The number of ether oxygens (including phenoxy) is 1. The third-order valence-corrected chi connectivity index (χ3v) is 6.16. The number of pyridine rings is 1. The number of anilines is 1. The number of benzene rings is 2. The molecule has 3 aromatic rings. The minimum atomic E-state index is -4.03. The van der Waals surface area contributed by atoms with Crippen molar-refractivity contribution in [2.24, 2.45) is 0 Å². The van der Waals surface area contributed by atoms with Crippen LogP contribution in [0.4, 0.5) is 10.1 Å². The van der Waals surface area contributed by atoms with E-state index >= 15 is 0 Å². The maximum atomic E-state index is 14.1. The Kier molecular flexibility index (Phi) is 4.93. The molecule has 0 bridgehead atoms. The van der Waals surface area contributed by atoms with Gasteiger partial charge in [-0.15, -0.1) is 0 Å². The summed E-state index contributed by atoms with van der Waals surface area (Å²) in [6.07, 6.45) is 4.65. The number of nitrogens with zero attached hydrogens (tertiary/aromatic N) is 1. The van der Waals surface area contributed by atoms with Gasteiger partial charge in [-0.1, -0.05) is 0 Å². The number of amides is 1. The van der Waals surface area contributed by atoms with Gasteiger partial charge in [-0.05, 0) is 49.2 Å². The van der Waals surface area contributed by atoms with Crippen molar-refractivity contribution >= 4 is 32.4 Å². The number of halogens is 1. The molecule has 0 spiro atoms. The first-order chi connectivity index (χ1) is 13.9. The van der Waals surface area contributed by atoms with Crippen molar-refractivity contribution in [3.05, 3.63) is 60.2 Å². The van der Waals surface area contributed by atoms with Gasteiger partial charge in [0.15, 0.2) is 0 Å². The molecule has 0 aliphatic heterocycles. The molecule has 0 radical (unpaired) electrons. The molecule has 1 heterocycles. The van der Waals surface area contributed by atoms with E-state index < -0.39 is 26.6 Å². The molecule has 0 saturated heterocycles. The number of hydrogen-bond donors (Lipinski definition) is 2. The molecular formula is C20H18FN3O4S. The molecule has 0 atom stereocenters. The largest absolute Gasteiger partial charge is 0.496 e. The molecule has 9 heteroatoms. The standard InChI is InChI=1S/C20H18FN3O4S/c1-28-18-7-6-17(15-11-22-9-8-14(15)18)23-20(25)12-2-5-16(21)19(10-12)29(26,27)24-13-3-4-13/h2,5-11,13,24H,3-4H2,1H3,(H,23,25). The summed E-state index contributed by atoms with van der Waals surface area (Å²) < 4.78 is 46.6. The normalized spacial score (nSPS) is 14.0. The highest BCUT2D eigenvalue weighted by Crippen LogP contribution is 2.31. The highest BCUT2D eigenvalue weighted by Gasteiger charge is 2.30. The van der Waals surface area contributed by atoms with Crippen molar-refractivity contribution in [3.8, 4) is 5.75 Å². The maximum Gasteiger partial charge on any atom is 0.255 e. The molecule has 2 aromatic carbocycles. The van der Waals surface area contributed by atoms with Crippen LogP contribution < -0.4 is 14.8 Å². The number of fused-ring (bicyclic) bond motifs is 1. The SMILES string of the molecule is COc1ccc(NC(=O)c2ccc(F)c(S(=O)(=O)NC3CC3)c2)c2cnccc12. The van der Waals surface area contributed by atoms with E-state index in [4.69, 9.17) is 4.74 Å². The van der Waals surface area contributed by atoms with Gasteiger partial charge in [0.05, 0.1) is 12.8 Å². The second-order valence-electron chi connectivity index (χ2n) is 6.73. The van der Waals surface area contributed by atoms with Crippen molar-refractivity contribution in [1.82, 2.24) is 9.71 Å². The van der Waals surface area contributed by atoms with Gasteiger partial charge in [-0.25, -0.2) is 17.5 Å². The summed E-state index contributed by atoms with van der Waals surface area (Å²) in [6, 6.07) is 8.22. The van der Waals surface area contributed by atoms with Crippen molar-refractivity contribution in [1.29, 1.82) is 0 Å². The number of rotatable bonds is 6. The maximum absolute atomic E-state index is 14.1. The highest BCUT2D eigenvalue weighted by atomic mass is 32.2. The first-order valence-corrected chi connectivity index (χ1v) is 10.4. The second-order valence-corrected chi connectivity index (χ2v) is 8.41. The Morgan fingerprint density at radius 1 is 1.17 bits per heavy atom. The summed E-state index contributed by atoms with van der Waals surface area (Å²) in [5, 5.41) is 4.15. The summed E-state index contributed by atoms with van der Waals surface area (Å²) in [4.78, 5) is 16.3. The van der Waals surface area contributed by atoms with Crippen LogP contribution in [-0.4, -0.2) is 32.5 Å². The number of nitrogens with one attached hydrogen (secondary N) is 2. The third kappa shape index (κ3) is 3.92. The average molecular weight is 415 g/mol. The van der Waals surface area contributed by atoms with Crippen molar-refractivity contribution in [3.63, 3.8) is 0 Å². The first kappa shape index (κ1) is 19.3. The summed E-state index contributed by atoms with van der Waals surface area (Å²) in [7, 11) is -2.49.